The van der Waals surface area contributed by atoms with Crippen molar-refractivity contribution in [1.29, 1.82) is 0 Å². The zero-order chi connectivity index (χ0) is 16.9. The highest BCUT2D eigenvalue weighted by Crippen LogP contribution is 2.29. The third-order valence-corrected chi connectivity index (χ3v) is 4.64. The van der Waals surface area contributed by atoms with Gasteiger partial charge < -0.3 is 20.1 Å². The van der Waals surface area contributed by atoms with Crippen LogP contribution in [0.15, 0.2) is 34.2 Å². The fourth-order valence-corrected chi connectivity index (χ4v) is 2.99. The number of ether oxygens (including phenoxy) is 2. The van der Waals surface area contributed by atoms with Gasteiger partial charge in [0.25, 0.3) is 0 Å². The van der Waals surface area contributed by atoms with Crippen LogP contribution in [0.1, 0.15) is 13.3 Å². The Morgan fingerprint density at radius 3 is 2.67 bits per heavy atom. The molecule has 5 nitrogen and oxygen atoms in total. The second-order valence-electron chi connectivity index (χ2n) is 5.29. The van der Waals surface area contributed by atoms with Crippen LogP contribution < -0.4 is 15.4 Å². The van der Waals surface area contributed by atoms with E-state index < -0.39 is 0 Å². The predicted molar refractivity (Wildman–Crippen MR) is 114 cm³/mol. The molecule has 0 heterocycles. The Hall–Kier alpha value is -0.670. The van der Waals surface area contributed by atoms with Crippen LogP contribution in [0.4, 0.5) is 0 Å². The number of methoxy groups -OCH3 is 2. The monoisotopic (exact) mass is 467 g/mol. The summed E-state index contributed by atoms with van der Waals surface area (Å²) in [5.74, 6) is 3.32. The Labute approximate surface area is 167 Å². The van der Waals surface area contributed by atoms with Crippen molar-refractivity contribution in [3.63, 3.8) is 0 Å². The van der Waals surface area contributed by atoms with Gasteiger partial charge in [-0.05, 0) is 24.5 Å². The summed E-state index contributed by atoms with van der Waals surface area (Å²) < 4.78 is 10.4. The highest BCUT2D eigenvalue weighted by Gasteiger charge is 2.07. The summed E-state index contributed by atoms with van der Waals surface area (Å²) in [6, 6.07) is 8.13. The van der Waals surface area contributed by atoms with E-state index in [9.17, 15) is 0 Å². The molecule has 1 unspecified atom stereocenters. The molecule has 0 fully saturated rings. The maximum Gasteiger partial charge on any atom is 0.190 e. The number of benzene rings is 1. The molecule has 1 rings (SSSR count). The van der Waals surface area contributed by atoms with Gasteiger partial charge in [-0.25, -0.2) is 0 Å². The lowest BCUT2D eigenvalue weighted by Gasteiger charge is -2.16. The van der Waals surface area contributed by atoms with Crippen molar-refractivity contribution in [2.45, 2.75) is 18.2 Å². The van der Waals surface area contributed by atoms with Gasteiger partial charge >= 0.3 is 0 Å². The van der Waals surface area contributed by atoms with Crippen molar-refractivity contribution in [3.8, 4) is 5.75 Å². The van der Waals surface area contributed by atoms with Crippen LogP contribution in [0.25, 0.3) is 0 Å². The Balaban J connectivity index is 0.00000529. The molecule has 0 aliphatic rings. The van der Waals surface area contributed by atoms with Gasteiger partial charge in [-0.2, -0.15) is 0 Å². The van der Waals surface area contributed by atoms with Crippen molar-refractivity contribution in [3.05, 3.63) is 24.3 Å². The van der Waals surface area contributed by atoms with Crippen LogP contribution in [0.5, 0.6) is 5.75 Å². The second kappa shape index (κ2) is 14.7. The van der Waals surface area contributed by atoms with Crippen LogP contribution >= 0.6 is 35.7 Å². The minimum atomic E-state index is 0. The van der Waals surface area contributed by atoms with E-state index in [4.69, 9.17) is 9.47 Å². The third kappa shape index (κ3) is 9.58. The van der Waals surface area contributed by atoms with Crippen molar-refractivity contribution in [2.24, 2.45) is 10.9 Å². The van der Waals surface area contributed by atoms with E-state index in [0.717, 1.165) is 43.6 Å². The average Bonchev–Trinajstić information content (AvgIpc) is 2.59. The van der Waals surface area contributed by atoms with E-state index in [1.807, 2.05) is 30.0 Å². The van der Waals surface area contributed by atoms with Gasteiger partial charge in [0.15, 0.2) is 5.96 Å². The molecule has 0 saturated heterocycles. The van der Waals surface area contributed by atoms with E-state index in [0.29, 0.717) is 5.92 Å². The molecule has 1 aromatic rings. The normalized spacial score (nSPS) is 12.2. The fraction of sp³-hybridized carbons (Fsp3) is 0.588. The number of guanidine groups is 1. The van der Waals surface area contributed by atoms with Gasteiger partial charge in [0.05, 0.1) is 7.11 Å². The molecular weight excluding hydrogens is 437 g/mol. The quantitative estimate of drug-likeness (QED) is 0.182. The Kier molecular flexibility index (Phi) is 14.2. The van der Waals surface area contributed by atoms with Crippen molar-refractivity contribution in [1.82, 2.24) is 10.6 Å². The van der Waals surface area contributed by atoms with Crippen LogP contribution in [-0.2, 0) is 4.74 Å². The molecule has 7 heteroatoms. The standard InChI is InChI=1S/C17H29N3O2S.HI/c1-14(12-20-17(18-2)19-10-7-11-21-3)13-23-16-9-6-5-8-15(16)22-4;/h5-6,8-9,14H,7,10-13H2,1-4H3,(H2,18,19,20);1H. The average molecular weight is 467 g/mol. The SMILES string of the molecule is CN=C(NCCCOC)NCC(C)CSc1ccccc1OC.I. The van der Waals surface area contributed by atoms with Gasteiger partial charge in [-0.3, -0.25) is 4.99 Å². The highest BCUT2D eigenvalue weighted by molar-refractivity contribution is 14.0. The first-order valence-corrected chi connectivity index (χ1v) is 8.89. The van der Waals surface area contributed by atoms with E-state index in [1.165, 1.54) is 4.90 Å². The van der Waals surface area contributed by atoms with Crippen molar-refractivity contribution >= 4 is 41.7 Å². The number of nitrogens with one attached hydrogen (secondary N) is 2. The lowest BCUT2D eigenvalue weighted by Crippen LogP contribution is -2.40. The second-order valence-corrected chi connectivity index (χ2v) is 6.36. The van der Waals surface area contributed by atoms with Crippen LogP contribution in [0.3, 0.4) is 0 Å². The molecule has 0 saturated carbocycles. The molecular formula is C17H30IN3O2S. The molecule has 0 amide bonds. The van der Waals surface area contributed by atoms with E-state index >= 15 is 0 Å². The van der Waals surface area contributed by atoms with Crippen molar-refractivity contribution in [2.75, 3.05) is 46.7 Å². The van der Waals surface area contributed by atoms with E-state index in [1.54, 1.807) is 21.3 Å². The maximum atomic E-state index is 5.38. The van der Waals surface area contributed by atoms with E-state index in [2.05, 4.69) is 28.6 Å². The number of nitrogens with zero attached hydrogens (tertiary/aromatic N) is 1. The van der Waals surface area contributed by atoms with Crippen molar-refractivity contribution < 1.29 is 9.47 Å². The summed E-state index contributed by atoms with van der Waals surface area (Å²) in [5, 5.41) is 6.65. The molecule has 2 N–H and O–H groups in total. The number of halogens is 1. The smallest absolute Gasteiger partial charge is 0.190 e. The van der Waals surface area contributed by atoms with Crippen LogP contribution in [-0.4, -0.2) is 52.7 Å². The molecule has 1 atom stereocenters. The van der Waals surface area contributed by atoms with Gasteiger partial charge in [0.2, 0.25) is 0 Å². The zero-order valence-electron chi connectivity index (χ0n) is 15.0. The number of thioether (sulfide) groups is 1. The molecule has 1 aromatic carbocycles. The molecule has 0 radical (unpaired) electrons. The number of para-hydroxylation sites is 1. The van der Waals surface area contributed by atoms with Crippen LogP contribution in [0, 0.1) is 5.92 Å². The number of hydrogen-bond donors (Lipinski definition) is 2. The molecule has 0 aliphatic carbocycles. The minimum Gasteiger partial charge on any atom is -0.496 e. The first-order chi connectivity index (χ1) is 11.2. The summed E-state index contributed by atoms with van der Waals surface area (Å²) >= 11 is 1.82. The molecule has 0 bridgehead atoms. The Bertz CT molecular complexity index is 475. The summed E-state index contributed by atoms with van der Waals surface area (Å²) in [6.07, 6.45) is 0.969. The molecule has 24 heavy (non-hydrogen) atoms. The molecule has 0 aliphatic heterocycles. The summed E-state index contributed by atoms with van der Waals surface area (Å²) in [5.41, 5.74) is 0. The minimum absolute atomic E-state index is 0. The number of aliphatic imine (C=N–C) groups is 1. The van der Waals surface area contributed by atoms with Crippen LogP contribution in [0.2, 0.25) is 0 Å². The maximum absolute atomic E-state index is 5.38. The van der Waals surface area contributed by atoms with Gasteiger partial charge in [-0.1, -0.05) is 19.1 Å². The lowest BCUT2D eigenvalue weighted by molar-refractivity contribution is 0.195. The van der Waals surface area contributed by atoms with Gasteiger partial charge in [0, 0.05) is 44.5 Å². The largest absolute Gasteiger partial charge is 0.496 e. The van der Waals surface area contributed by atoms with Gasteiger partial charge in [-0.15, -0.1) is 35.7 Å². The molecule has 138 valence electrons. The summed E-state index contributed by atoms with van der Waals surface area (Å²) in [4.78, 5) is 5.41. The fourth-order valence-electron chi connectivity index (χ4n) is 1.94. The van der Waals surface area contributed by atoms with E-state index in [-0.39, 0.29) is 24.0 Å². The number of rotatable bonds is 10. The predicted octanol–water partition coefficient (Wildman–Crippen LogP) is 3.24. The Morgan fingerprint density at radius 2 is 2.00 bits per heavy atom. The molecule has 0 aromatic heterocycles. The first kappa shape index (κ1) is 23.3. The zero-order valence-corrected chi connectivity index (χ0v) is 18.1. The van der Waals surface area contributed by atoms with Gasteiger partial charge in [0.1, 0.15) is 5.75 Å². The third-order valence-electron chi connectivity index (χ3n) is 3.25. The topological polar surface area (TPSA) is 54.9 Å². The summed E-state index contributed by atoms with van der Waals surface area (Å²) in [6.45, 7) is 4.73. The Morgan fingerprint density at radius 1 is 1.25 bits per heavy atom. The molecule has 0 spiro atoms. The first-order valence-electron chi connectivity index (χ1n) is 7.90. The summed E-state index contributed by atoms with van der Waals surface area (Å²) in [7, 11) is 5.22. The lowest BCUT2D eigenvalue weighted by atomic mass is 10.2. The number of hydrogen-bond acceptors (Lipinski definition) is 4. The highest BCUT2D eigenvalue weighted by atomic mass is 127.